The van der Waals surface area contributed by atoms with Crippen molar-refractivity contribution in [2.75, 3.05) is 39.0 Å². The van der Waals surface area contributed by atoms with E-state index >= 15 is 0 Å². The minimum Gasteiger partial charge on any atom is -0.349 e. The quantitative estimate of drug-likeness (QED) is 0.871. The molecule has 0 atom stereocenters. The predicted molar refractivity (Wildman–Crippen MR) is 96.9 cm³/mol. The van der Waals surface area contributed by atoms with Crippen molar-refractivity contribution in [3.63, 3.8) is 0 Å². The fourth-order valence-corrected chi connectivity index (χ4v) is 2.85. The summed E-state index contributed by atoms with van der Waals surface area (Å²) >= 11 is 0. The number of hydrogen-bond acceptors (Lipinski definition) is 3. The van der Waals surface area contributed by atoms with Crippen molar-refractivity contribution >= 4 is 17.5 Å². The van der Waals surface area contributed by atoms with Gasteiger partial charge in [0.25, 0.3) is 0 Å². The molecule has 0 unspecified atom stereocenters. The normalized spacial score (nSPS) is 16.0. The van der Waals surface area contributed by atoms with Gasteiger partial charge in [-0.1, -0.05) is 19.1 Å². The van der Waals surface area contributed by atoms with E-state index in [0.29, 0.717) is 13.0 Å². The molecule has 1 aliphatic rings. The van der Waals surface area contributed by atoms with Crippen molar-refractivity contribution in [2.24, 2.45) is 5.92 Å². The van der Waals surface area contributed by atoms with Gasteiger partial charge in [-0.2, -0.15) is 0 Å². The Bertz CT molecular complexity index is 546. The molecule has 0 saturated carbocycles. The second-order valence-corrected chi connectivity index (χ2v) is 6.99. The van der Waals surface area contributed by atoms with Gasteiger partial charge in [0.2, 0.25) is 11.8 Å². The van der Waals surface area contributed by atoms with Gasteiger partial charge in [-0.25, -0.2) is 0 Å². The summed E-state index contributed by atoms with van der Waals surface area (Å²) in [6.45, 7) is 4.75. The van der Waals surface area contributed by atoms with Crippen LogP contribution in [0.5, 0.6) is 0 Å². The van der Waals surface area contributed by atoms with E-state index in [1.54, 1.807) is 19.0 Å². The molecule has 0 radical (unpaired) electrons. The molecule has 5 nitrogen and oxygen atoms in total. The van der Waals surface area contributed by atoms with E-state index in [2.05, 4.69) is 17.1 Å². The Kier molecular flexibility index (Phi) is 6.79. The van der Waals surface area contributed by atoms with Crippen LogP contribution in [0.4, 0.5) is 5.69 Å². The molecule has 1 aromatic rings. The van der Waals surface area contributed by atoms with Gasteiger partial charge in [0.1, 0.15) is 0 Å². The first-order valence-corrected chi connectivity index (χ1v) is 8.75. The molecule has 2 rings (SSSR count). The lowest BCUT2D eigenvalue weighted by Crippen LogP contribution is -2.38. The van der Waals surface area contributed by atoms with Crippen LogP contribution in [0.3, 0.4) is 0 Å². The maximum atomic E-state index is 12.1. The van der Waals surface area contributed by atoms with Crippen LogP contribution in [0.1, 0.15) is 31.7 Å². The molecule has 1 fully saturated rings. The fourth-order valence-electron chi connectivity index (χ4n) is 2.85. The Labute approximate surface area is 145 Å². The number of carbonyl (C=O) groups is 2. The maximum Gasteiger partial charge on any atom is 0.238 e. The summed E-state index contributed by atoms with van der Waals surface area (Å²) in [7, 11) is 3.54. The Morgan fingerprint density at radius 1 is 1.17 bits per heavy atom. The van der Waals surface area contributed by atoms with Crippen molar-refractivity contribution in [3.8, 4) is 0 Å². The second-order valence-electron chi connectivity index (χ2n) is 6.99. The van der Waals surface area contributed by atoms with Gasteiger partial charge in [0, 0.05) is 26.2 Å². The number of nitrogens with zero attached hydrogens (tertiary/aromatic N) is 2. The lowest BCUT2D eigenvalue weighted by atomic mass is 9.99. The number of anilines is 1. The summed E-state index contributed by atoms with van der Waals surface area (Å²) < 4.78 is 0. The molecule has 0 aliphatic carbocycles. The van der Waals surface area contributed by atoms with Crippen molar-refractivity contribution in [1.82, 2.24) is 9.80 Å². The standard InChI is InChI=1S/C19H29N3O2/c1-15-10-12-22(13-11-15)14-18(23)20-17-7-4-16(5-8-17)6-9-19(24)21(2)3/h4-5,7-8,15H,6,9-14H2,1-3H3,(H,20,23). The summed E-state index contributed by atoms with van der Waals surface area (Å²) in [5.41, 5.74) is 1.92. The van der Waals surface area contributed by atoms with Gasteiger partial charge < -0.3 is 10.2 Å². The van der Waals surface area contributed by atoms with Crippen LogP contribution in [0.15, 0.2) is 24.3 Å². The van der Waals surface area contributed by atoms with Gasteiger partial charge >= 0.3 is 0 Å². The molecular weight excluding hydrogens is 302 g/mol. The van der Waals surface area contributed by atoms with E-state index in [9.17, 15) is 9.59 Å². The van der Waals surface area contributed by atoms with Gasteiger partial charge in [-0.15, -0.1) is 0 Å². The highest BCUT2D eigenvalue weighted by Gasteiger charge is 2.17. The molecule has 1 aliphatic heterocycles. The summed E-state index contributed by atoms with van der Waals surface area (Å²) in [6, 6.07) is 7.76. The SMILES string of the molecule is CC1CCN(CC(=O)Nc2ccc(CCC(=O)N(C)C)cc2)CC1. The topological polar surface area (TPSA) is 52.7 Å². The van der Waals surface area contributed by atoms with Crippen LogP contribution in [-0.4, -0.2) is 55.3 Å². The lowest BCUT2D eigenvalue weighted by molar-refractivity contribution is -0.128. The highest BCUT2D eigenvalue weighted by molar-refractivity contribution is 5.92. The molecule has 1 saturated heterocycles. The molecule has 1 N–H and O–H groups in total. The number of rotatable bonds is 6. The zero-order chi connectivity index (χ0) is 17.5. The molecule has 1 aromatic carbocycles. The minimum atomic E-state index is 0.0417. The molecule has 2 amide bonds. The number of piperidine rings is 1. The second kappa shape index (κ2) is 8.83. The Morgan fingerprint density at radius 2 is 1.79 bits per heavy atom. The van der Waals surface area contributed by atoms with Crippen molar-refractivity contribution in [3.05, 3.63) is 29.8 Å². The summed E-state index contributed by atoms with van der Waals surface area (Å²) in [5.74, 6) is 0.944. The number of carbonyl (C=O) groups excluding carboxylic acids is 2. The van der Waals surface area contributed by atoms with E-state index in [1.165, 1.54) is 12.8 Å². The highest BCUT2D eigenvalue weighted by atomic mass is 16.2. The van der Waals surface area contributed by atoms with Gasteiger partial charge in [-0.05, 0) is 56.0 Å². The maximum absolute atomic E-state index is 12.1. The van der Waals surface area contributed by atoms with Gasteiger partial charge in [0.05, 0.1) is 6.54 Å². The van der Waals surface area contributed by atoms with Crippen LogP contribution in [0, 0.1) is 5.92 Å². The molecule has 24 heavy (non-hydrogen) atoms. The Balaban J connectivity index is 1.76. The average molecular weight is 331 g/mol. The molecule has 5 heteroatoms. The molecule has 1 heterocycles. The Morgan fingerprint density at radius 3 is 2.38 bits per heavy atom. The summed E-state index contributed by atoms with van der Waals surface area (Å²) in [6.07, 6.45) is 3.57. The number of amides is 2. The average Bonchev–Trinajstić information content (AvgIpc) is 2.56. The van der Waals surface area contributed by atoms with E-state index in [4.69, 9.17) is 0 Å². The monoisotopic (exact) mass is 331 g/mol. The molecule has 132 valence electrons. The molecular formula is C19H29N3O2. The fraction of sp³-hybridized carbons (Fsp3) is 0.579. The number of likely N-dealkylation sites (tertiary alicyclic amines) is 1. The van der Waals surface area contributed by atoms with Crippen LogP contribution in [0.25, 0.3) is 0 Å². The van der Waals surface area contributed by atoms with Crippen molar-refractivity contribution < 1.29 is 9.59 Å². The van der Waals surface area contributed by atoms with E-state index in [1.807, 2.05) is 24.3 Å². The van der Waals surface area contributed by atoms with Gasteiger partial charge in [0.15, 0.2) is 0 Å². The first kappa shape index (κ1) is 18.5. The molecule has 0 aromatic heterocycles. The van der Waals surface area contributed by atoms with Crippen molar-refractivity contribution in [2.45, 2.75) is 32.6 Å². The summed E-state index contributed by atoms with van der Waals surface area (Å²) in [5, 5.41) is 2.95. The third kappa shape index (κ3) is 5.96. The number of hydrogen-bond donors (Lipinski definition) is 1. The van der Waals surface area contributed by atoms with E-state index < -0.39 is 0 Å². The van der Waals surface area contributed by atoms with E-state index in [-0.39, 0.29) is 11.8 Å². The minimum absolute atomic E-state index is 0.0417. The van der Waals surface area contributed by atoms with Gasteiger partial charge in [-0.3, -0.25) is 14.5 Å². The zero-order valence-corrected chi connectivity index (χ0v) is 15.0. The number of nitrogens with one attached hydrogen (secondary N) is 1. The third-order valence-electron chi connectivity index (χ3n) is 4.61. The lowest BCUT2D eigenvalue weighted by Gasteiger charge is -2.29. The first-order chi connectivity index (χ1) is 11.4. The number of benzene rings is 1. The zero-order valence-electron chi connectivity index (χ0n) is 15.0. The molecule has 0 bridgehead atoms. The predicted octanol–water partition coefficient (Wildman–Crippen LogP) is 2.38. The third-order valence-corrected chi connectivity index (χ3v) is 4.61. The van der Waals surface area contributed by atoms with Crippen LogP contribution in [-0.2, 0) is 16.0 Å². The highest BCUT2D eigenvalue weighted by Crippen LogP contribution is 2.16. The Hall–Kier alpha value is -1.88. The van der Waals surface area contributed by atoms with E-state index in [0.717, 1.165) is 36.7 Å². The number of aryl methyl sites for hydroxylation is 1. The smallest absolute Gasteiger partial charge is 0.238 e. The first-order valence-electron chi connectivity index (χ1n) is 8.75. The van der Waals surface area contributed by atoms with Crippen LogP contribution < -0.4 is 5.32 Å². The summed E-state index contributed by atoms with van der Waals surface area (Å²) in [4.78, 5) is 27.6. The van der Waals surface area contributed by atoms with Crippen LogP contribution >= 0.6 is 0 Å². The molecule has 0 spiro atoms. The largest absolute Gasteiger partial charge is 0.349 e. The van der Waals surface area contributed by atoms with Crippen molar-refractivity contribution in [1.29, 1.82) is 0 Å². The van der Waals surface area contributed by atoms with Crippen LogP contribution in [0.2, 0.25) is 0 Å².